The van der Waals surface area contributed by atoms with E-state index in [4.69, 9.17) is 0 Å². The van der Waals surface area contributed by atoms with Crippen LogP contribution in [0, 0.1) is 0 Å². The minimum Gasteiger partial charge on any atom is -0.391 e. The summed E-state index contributed by atoms with van der Waals surface area (Å²) < 4.78 is 0. The van der Waals surface area contributed by atoms with Gasteiger partial charge in [-0.15, -0.1) is 0 Å². The molecular formula is C18H24N4O. The summed E-state index contributed by atoms with van der Waals surface area (Å²) in [7, 11) is 0. The molecular weight excluding hydrogens is 288 g/mol. The standard InChI is InChI=1S/C18H24N4O/c1-2-19-18(21-13-16-10-6-7-11-20-16)22-14-17(23)12-15-8-4-3-5-9-15/h3-11,17,23H,2,12-14H2,1H3,(H2,19,21,22). The van der Waals surface area contributed by atoms with Crippen LogP contribution >= 0.6 is 0 Å². The van der Waals surface area contributed by atoms with E-state index >= 15 is 0 Å². The molecule has 0 aliphatic rings. The third-order valence-electron chi connectivity index (χ3n) is 3.29. The van der Waals surface area contributed by atoms with Crippen LogP contribution < -0.4 is 10.6 Å². The number of aliphatic hydroxyl groups excluding tert-OH is 1. The van der Waals surface area contributed by atoms with Crippen molar-refractivity contribution in [1.29, 1.82) is 0 Å². The summed E-state index contributed by atoms with van der Waals surface area (Å²) in [6.07, 6.45) is 1.92. The molecule has 0 fully saturated rings. The number of rotatable bonds is 7. The average molecular weight is 312 g/mol. The van der Waals surface area contributed by atoms with Crippen LogP contribution in [0.2, 0.25) is 0 Å². The van der Waals surface area contributed by atoms with Crippen LogP contribution in [-0.4, -0.2) is 35.2 Å². The van der Waals surface area contributed by atoms with E-state index in [1.165, 1.54) is 0 Å². The van der Waals surface area contributed by atoms with Crippen molar-refractivity contribution in [2.75, 3.05) is 13.1 Å². The molecule has 0 aliphatic carbocycles. The fourth-order valence-electron chi connectivity index (χ4n) is 2.17. The first-order valence-electron chi connectivity index (χ1n) is 7.92. The van der Waals surface area contributed by atoms with E-state index in [2.05, 4.69) is 20.6 Å². The minimum atomic E-state index is -0.462. The zero-order valence-electron chi connectivity index (χ0n) is 13.4. The number of nitrogens with zero attached hydrogens (tertiary/aromatic N) is 2. The lowest BCUT2D eigenvalue weighted by molar-refractivity contribution is 0.177. The summed E-state index contributed by atoms with van der Waals surface area (Å²) in [5.74, 6) is 0.685. The van der Waals surface area contributed by atoms with Gasteiger partial charge in [0.2, 0.25) is 0 Å². The molecule has 0 radical (unpaired) electrons. The summed E-state index contributed by atoms with van der Waals surface area (Å²) in [5.41, 5.74) is 2.03. The highest BCUT2D eigenvalue weighted by Crippen LogP contribution is 2.02. The van der Waals surface area contributed by atoms with Crippen molar-refractivity contribution in [2.45, 2.75) is 26.0 Å². The van der Waals surface area contributed by atoms with E-state index < -0.39 is 6.10 Å². The van der Waals surface area contributed by atoms with Crippen molar-refractivity contribution in [3.63, 3.8) is 0 Å². The molecule has 0 saturated carbocycles. The van der Waals surface area contributed by atoms with Gasteiger partial charge in [0, 0.05) is 25.7 Å². The highest BCUT2D eigenvalue weighted by Gasteiger charge is 2.06. The Morgan fingerprint density at radius 2 is 1.91 bits per heavy atom. The van der Waals surface area contributed by atoms with E-state index in [0.717, 1.165) is 17.8 Å². The van der Waals surface area contributed by atoms with Crippen molar-refractivity contribution in [3.8, 4) is 0 Å². The first-order chi connectivity index (χ1) is 11.3. The van der Waals surface area contributed by atoms with E-state index in [9.17, 15) is 5.11 Å². The maximum absolute atomic E-state index is 10.1. The molecule has 0 spiro atoms. The number of guanidine groups is 1. The molecule has 122 valence electrons. The van der Waals surface area contributed by atoms with Crippen LogP contribution in [0.15, 0.2) is 59.7 Å². The molecule has 23 heavy (non-hydrogen) atoms. The Labute approximate surface area is 137 Å². The van der Waals surface area contributed by atoms with Crippen LogP contribution in [0.5, 0.6) is 0 Å². The van der Waals surface area contributed by atoms with E-state index in [-0.39, 0.29) is 0 Å². The predicted molar refractivity (Wildman–Crippen MR) is 93.2 cm³/mol. The topological polar surface area (TPSA) is 69.5 Å². The van der Waals surface area contributed by atoms with Gasteiger partial charge in [-0.05, 0) is 24.6 Å². The first-order valence-corrected chi connectivity index (χ1v) is 7.92. The smallest absolute Gasteiger partial charge is 0.191 e. The normalized spacial score (nSPS) is 12.7. The van der Waals surface area contributed by atoms with E-state index in [1.54, 1.807) is 6.20 Å². The first kappa shape index (κ1) is 17.0. The molecule has 1 heterocycles. The Balaban J connectivity index is 1.84. The predicted octanol–water partition coefficient (Wildman–Crippen LogP) is 1.74. The number of hydrogen-bond acceptors (Lipinski definition) is 3. The Morgan fingerprint density at radius 3 is 2.61 bits per heavy atom. The summed E-state index contributed by atoms with van der Waals surface area (Å²) >= 11 is 0. The van der Waals surface area contributed by atoms with Gasteiger partial charge in [-0.3, -0.25) is 4.98 Å². The zero-order chi connectivity index (χ0) is 16.3. The zero-order valence-corrected chi connectivity index (χ0v) is 13.4. The van der Waals surface area contributed by atoms with Gasteiger partial charge < -0.3 is 15.7 Å². The van der Waals surface area contributed by atoms with Gasteiger partial charge in [0.15, 0.2) is 5.96 Å². The van der Waals surface area contributed by atoms with Gasteiger partial charge >= 0.3 is 0 Å². The summed E-state index contributed by atoms with van der Waals surface area (Å²) in [6, 6.07) is 15.7. The summed E-state index contributed by atoms with van der Waals surface area (Å²) in [5, 5.41) is 16.5. The summed E-state index contributed by atoms with van der Waals surface area (Å²) in [6.45, 7) is 3.73. The largest absolute Gasteiger partial charge is 0.391 e. The number of pyridine rings is 1. The third-order valence-corrected chi connectivity index (χ3v) is 3.29. The van der Waals surface area contributed by atoms with Gasteiger partial charge in [0.25, 0.3) is 0 Å². The number of hydrogen-bond donors (Lipinski definition) is 3. The lowest BCUT2D eigenvalue weighted by atomic mass is 10.1. The maximum atomic E-state index is 10.1. The van der Waals surface area contributed by atoms with Crippen molar-refractivity contribution < 1.29 is 5.11 Å². The molecule has 3 N–H and O–H groups in total. The maximum Gasteiger partial charge on any atom is 0.191 e. The molecule has 1 atom stereocenters. The summed E-state index contributed by atoms with van der Waals surface area (Å²) in [4.78, 5) is 8.73. The lowest BCUT2D eigenvalue weighted by Crippen LogP contribution is -2.41. The second kappa shape index (κ2) is 9.58. The second-order valence-corrected chi connectivity index (χ2v) is 5.24. The molecule has 1 aromatic carbocycles. The van der Waals surface area contributed by atoms with Crippen LogP contribution in [-0.2, 0) is 13.0 Å². The monoisotopic (exact) mass is 312 g/mol. The highest BCUT2D eigenvalue weighted by atomic mass is 16.3. The third kappa shape index (κ3) is 6.48. The van der Waals surface area contributed by atoms with Gasteiger partial charge in [0.05, 0.1) is 18.3 Å². The van der Waals surface area contributed by atoms with Crippen LogP contribution in [0.1, 0.15) is 18.2 Å². The molecule has 1 aromatic heterocycles. The molecule has 0 aliphatic heterocycles. The van der Waals surface area contributed by atoms with E-state index in [1.807, 2.05) is 55.5 Å². The van der Waals surface area contributed by atoms with Gasteiger partial charge in [-0.1, -0.05) is 36.4 Å². The molecule has 2 rings (SSSR count). The quantitative estimate of drug-likeness (QED) is 0.538. The Morgan fingerprint density at radius 1 is 1.13 bits per heavy atom. The fourth-order valence-corrected chi connectivity index (χ4v) is 2.17. The number of aliphatic imine (C=N–C) groups is 1. The van der Waals surface area contributed by atoms with Crippen LogP contribution in [0.3, 0.4) is 0 Å². The van der Waals surface area contributed by atoms with Crippen molar-refractivity contribution >= 4 is 5.96 Å². The molecule has 5 heteroatoms. The molecule has 1 unspecified atom stereocenters. The number of nitrogens with one attached hydrogen (secondary N) is 2. The fraction of sp³-hybridized carbons (Fsp3) is 0.333. The van der Waals surface area contributed by atoms with Crippen molar-refractivity contribution in [1.82, 2.24) is 15.6 Å². The molecule has 2 aromatic rings. The Hall–Kier alpha value is -2.40. The van der Waals surface area contributed by atoms with E-state index in [0.29, 0.717) is 25.5 Å². The molecule has 0 amide bonds. The average Bonchev–Trinajstić information content (AvgIpc) is 2.59. The number of aromatic nitrogens is 1. The molecule has 5 nitrogen and oxygen atoms in total. The molecule has 0 bridgehead atoms. The van der Waals surface area contributed by atoms with Crippen LogP contribution in [0.4, 0.5) is 0 Å². The van der Waals surface area contributed by atoms with Gasteiger partial charge in [0.1, 0.15) is 0 Å². The SMILES string of the molecule is CCNC(=NCc1ccccn1)NCC(O)Cc1ccccc1. The lowest BCUT2D eigenvalue weighted by Gasteiger charge is -2.15. The van der Waals surface area contributed by atoms with Crippen LogP contribution in [0.25, 0.3) is 0 Å². The van der Waals surface area contributed by atoms with Gasteiger partial charge in [-0.2, -0.15) is 0 Å². The Kier molecular flexibility index (Phi) is 7.07. The van der Waals surface area contributed by atoms with Crippen molar-refractivity contribution in [3.05, 3.63) is 66.0 Å². The number of aliphatic hydroxyl groups is 1. The number of benzene rings is 1. The van der Waals surface area contributed by atoms with Gasteiger partial charge in [-0.25, -0.2) is 4.99 Å². The Bertz CT molecular complexity index is 586. The van der Waals surface area contributed by atoms with Crippen molar-refractivity contribution in [2.24, 2.45) is 4.99 Å². The molecule has 0 saturated heterocycles. The second-order valence-electron chi connectivity index (χ2n) is 5.24. The highest BCUT2D eigenvalue weighted by molar-refractivity contribution is 5.79. The minimum absolute atomic E-state index is 0.447.